The van der Waals surface area contributed by atoms with Gasteiger partial charge in [-0.25, -0.2) is 4.79 Å². The molecule has 1 aromatic heterocycles. The summed E-state index contributed by atoms with van der Waals surface area (Å²) >= 11 is 0. The number of para-hydroxylation sites is 1. The van der Waals surface area contributed by atoms with Crippen LogP contribution in [0.1, 0.15) is 39.6 Å². The van der Waals surface area contributed by atoms with E-state index in [9.17, 15) is 9.59 Å². The zero-order valence-corrected chi connectivity index (χ0v) is 15.9. The summed E-state index contributed by atoms with van der Waals surface area (Å²) in [6.07, 6.45) is 1.73. The number of rotatable bonds is 2. The fourth-order valence-corrected chi connectivity index (χ4v) is 4.59. The lowest BCUT2D eigenvalue weighted by atomic mass is 9.73. The number of carbonyl (C=O) groups is 1. The van der Waals surface area contributed by atoms with E-state index in [1.807, 2.05) is 24.3 Å². The average Bonchev–Trinajstić information content (AvgIpc) is 3.19. The number of ether oxygens (including phenoxy) is 2. The Morgan fingerprint density at radius 3 is 2.82 bits per heavy atom. The second kappa shape index (κ2) is 6.48. The molecule has 2 aromatic rings. The Balaban J connectivity index is 1.33. The molecule has 0 aliphatic carbocycles. The monoisotopic (exact) mass is 381 g/mol. The number of benzene rings is 1. The van der Waals surface area contributed by atoms with Crippen LogP contribution in [0.4, 0.5) is 0 Å². The fourth-order valence-electron chi connectivity index (χ4n) is 4.59. The van der Waals surface area contributed by atoms with Crippen LogP contribution in [0.5, 0.6) is 5.75 Å². The molecule has 1 unspecified atom stereocenters. The summed E-state index contributed by atoms with van der Waals surface area (Å²) in [7, 11) is 0. The van der Waals surface area contributed by atoms with Gasteiger partial charge in [-0.3, -0.25) is 4.79 Å². The number of hydrogen-bond donors (Lipinski definition) is 0. The standard InChI is InChI=1S/C22H23NO5/c1-14-8-18(16-6-7-26-10-16)28-21(25)19(14)20(24)23-11-22(12-23)9-15-4-2-3-5-17(15)27-13-22/h2-5,8,16H,6-7,9-13H2,1H3. The second-order valence-corrected chi connectivity index (χ2v) is 8.29. The van der Waals surface area contributed by atoms with Crippen LogP contribution in [0.15, 0.2) is 39.5 Å². The molecule has 0 saturated carbocycles. The number of carbonyl (C=O) groups excluding carboxylic acids is 1. The Bertz CT molecular complexity index is 983. The zero-order valence-electron chi connectivity index (χ0n) is 15.9. The van der Waals surface area contributed by atoms with E-state index >= 15 is 0 Å². The van der Waals surface area contributed by atoms with Gasteiger partial charge in [-0.05, 0) is 43.0 Å². The first-order chi connectivity index (χ1) is 13.5. The van der Waals surface area contributed by atoms with Crippen molar-refractivity contribution >= 4 is 5.91 Å². The molecule has 0 radical (unpaired) electrons. The Kier molecular flexibility index (Phi) is 4.05. The third-order valence-electron chi connectivity index (χ3n) is 6.13. The van der Waals surface area contributed by atoms with Crippen molar-refractivity contribution in [3.8, 4) is 5.75 Å². The largest absolute Gasteiger partial charge is 0.493 e. The molecule has 1 amide bonds. The van der Waals surface area contributed by atoms with Crippen LogP contribution in [-0.2, 0) is 11.2 Å². The molecule has 1 atom stereocenters. The van der Waals surface area contributed by atoms with E-state index in [-0.39, 0.29) is 22.8 Å². The molecule has 3 aliphatic rings. The first-order valence-corrected chi connectivity index (χ1v) is 9.77. The number of fused-ring (bicyclic) bond motifs is 1. The highest BCUT2D eigenvalue weighted by Crippen LogP contribution is 2.41. The van der Waals surface area contributed by atoms with Crippen molar-refractivity contribution in [3.05, 3.63) is 63.2 Å². The van der Waals surface area contributed by atoms with Crippen LogP contribution >= 0.6 is 0 Å². The fraction of sp³-hybridized carbons (Fsp3) is 0.455. The smallest absolute Gasteiger partial charge is 0.349 e. The van der Waals surface area contributed by atoms with Crippen molar-refractivity contribution < 1.29 is 18.7 Å². The molecule has 1 aromatic carbocycles. The summed E-state index contributed by atoms with van der Waals surface area (Å²) in [4.78, 5) is 27.3. The van der Waals surface area contributed by atoms with Gasteiger partial charge in [-0.15, -0.1) is 0 Å². The normalized spacial score (nSPS) is 22.5. The first kappa shape index (κ1) is 17.5. The van der Waals surface area contributed by atoms with Crippen LogP contribution in [0.3, 0.4) is 0 Å². The van der Waals surface area contributed by atoms with E-state index in [1.54, 1.807) is 11.8 Å². The van der Waals surface area contributed by atoms with Crippen molar-refractivity contribution in [3.63, 3.8) is 0 Å². The molecular formula is C22H23NO5. The lowest BCUT2D eigenvalue weighted by Gasteiger charge is -2.51. The zero-order chi connectivity index (χ0) is 19.3. The molecule has 4 heterocycles. The quantitative estimate of drug-likeness (QED) is 0.800. The minimum absolute atomic E-state index is 0.0563. The summed E-state index contributed by atoms with van der Waals surface area (Å²) in [6, 6.07) is 9.86. The van der Waals surface area contributed by atoms with Gasteiger partial charge in [-0.2, -0.15) is 0 Å². The third kappa shape index (κ3) is 2.83. The molecule has 5 rings (SSSR count). The van der Waals surface area contributed by atoms with E-state index in [4.69, 9.17) is 13.9 Å². The van der Waals surface area contributed by atoms with Crippen molar-refractivity contribution in [2.24, 2.45) is 5.41 Å². The maximum atomic E-state index is 13.0. The van der Waals surface area contributed by atoms with Crippen LogP contribution in [-0.4, -0.2) is 43.7 Å². The Labute approximate surface area is 163 Å². The van der Waals surface area contributed by atoms with Crippen molar-refractivity contribution in [1.82, 2.24) is 4.90 Å². The van der Waals surface area contributed by atoms with Crippen molar-refractivity contribution in [1.29, 1.82) is 0 Å². The van der Waals surface area contributed by atoms with Gasteiger partial charge in [0.05, 0.1) is 13.2 Å². The average molecular weight is 381 g/mol. The molecule has 146 valence electrons. The molecule has 0 N–H and O–H groups in total. The highest BCUT2D eigenvalue weighted by molar-refractivity contribution is 5.95. The van der Waals surface area contributed by atoms with Gasteiger partial charge in [-0.1, -0.05) is 18.2 Å². The topological polar surface area (TPSA) is 69.0 Å². The van der Waals surface area contributed by atoms with Crippen molar-refractivity contribution in [2.45, 2.75) is 25.7 Å². The van der Waals surface area contributed by atoms with Gasteiger partial charge >= 0.3 is 5.63 Å². The summed E-state index contributed by atoms with van der Waals surface area (Å²) < 4.78 is 16.8. The Morgan fingerprint density at radius 2 is 2.07 bits per heavy atom. The van der Waals surface area contributed by atoms with Gasteiger partial charge in [0.1, 0.15) is 17.1 Å². The van der Waals surface area contributed by atoms with E-state index in [0.29, 0.717) is 44.2 Å². The van der Waals surface area contributed by atoms with E-state index in [1.165, 1.54) is 5.56 Å². The van der Waals surface area contributed by atoms with Gasteiger partial charge < -0.3 is 18.8 Å². The van der Waals surface area contributed by atoms with Crippen LogP contribution < -0.4 is 10.4 Å². The minimum Gasteiger partial charge on any atom is -0.493 e. The lowest BCUT2D eigenvalue weighted by molar-refractivity contribution is -0.0293. The molecule has 28 heavy (non-hydrogen) atoms. The maximum absolute atomic E-state index is 13.0. The Hall–Kier alpha value is -2.60. The number of hydrogen-bond acceptors (Lipinski definition) is 5. The summed E-state index contributed by atoms with van der Waals surface area (Å²) in [5.74, 6) is 1.40. The first-order valence-electron chi connectivity index (χ1n) is 9.77. The predicted molar refractivity (Wildman–Crippen MR) is 102 cm³/mol. The van der Waals surface area contributed by atoms with E-state index in [0.717, 1.165) is 18.6 Å². The Morgan fingerprint density at radius 1 is 1.25 bits per heavy atom. The molecule has 2 saturated heterocycles. The van der Waals surface area contributed by atoms with Gasteiger partial charge in [0, 0.05) is 31.0 Å². The van der Waals surface area contributed by atoms with Crippen molar-refractivity contribution in [2.75, 3.05) is 32.9 Å². The summed E-state index contributed by atoms with van der Waals surface area (Å²) in [6.45, 7) is 4.83. The van der Waals surface area contributed by atoms with Gasteiger partial charge in [0.2, 0.25) is 0 Å². The number of aryl methyl sites for hydroxylation is 1. The predicted octanol–water partition coefficient (Wildman–Crippen LogP) is 2.53. The summed E-state index contributed by atoms with van der Waals surface area (Å²) in [5.41, 5.74) is 1.40. The van der Waals surface area contributed by atoms with E-state index in [2.05, 4.69) is 6.07 Å². The number of amides is 1. The highest BCUT2D eigenvalue weighted by Gasteiger charge is 2.48. The van der Waals surface area contributed by atoms with Crippen LogP contribution in [0.25, 0.3) is 0 Å². The van der Waals surface area contributed by atoms with E-state index < -0.39 is 5.63 Å². The molecule has 0 bridgehead atoms. The lowest BCUT2D eigenvalue weighted by Crippen LogP contribution is -2.63. The molecule has 2 fully saturated rings. The number of nitrogens with zero attached hydrogens (tertiary/aromatic N) is 1. The molecule has 1 spiro atoms. The van der Waals surface area contributed by atoms with Gasteiger partial charge in [0.25, 0.3) is 5.91 Å². The number of likely N-dealkylation sites (tertiary alicyclic amines) is 1. The SMILES string of the molecule is Cc1cc(C2CCOC2)oc(=O)c1C(=O)N1CC2(COc3ccccc3C2)C1. The third-order valence-corrected chi connectivity index (χ3v) is 6.13. The van der Waals surface area contributed by atoms with Crippen LogP contribution in [0, 0.1) is 12.3 Å². The summed E-state index contributed by atoms with van der Waals surface area (Å²) in [5, 5.41) is 0. The highest BCUT2D eigenvalue weighted by atomic mass is 16.5. The molecular weight excluding hydrogens is 358 g/mol. The maximum Gasteiger partial charge on any atom is 0.349 e. The molecule has 6 heteroatoms. The second-order valence-electron chi connectivity index (χ2n) is 8.29. The minimum atomic E-state index is -0.543. The molecule has 6 nitrogen and oxygen atoms in total. The van der Waals surface area contributed by atoms with Gasteiger partial charge in [0.15, 0.2) is 0 Å². The van der Waals surface area contributed by atoms with Crippen LogP contribution in [0.2, 0.25) is 0 Å². The molecule has 3 aliphatic heterocycles.